The molecule has 39 heavy (non-hydrogen) atoms. The van der Waals surface area contributed by atoms with E-state index in [0.29, 0.717) is 34.6 Å². The molecule has 0 radical (unpaired) electrons. The first-order valence-corrected chi connectivity index (χ1v) is 15.0. The van der Waals surface area contributed by atoms with Crippen LogP contribution >= 0.6 is 11.3 Å². The molecule has 4 N–H and O–H groups in total. The zero-order valence-corrected chi connectivity index (χ0v) is 22.6. The number of fused-ring (bicyclic) bond motifs is 1. The Morgan fingerprint density at radius 3 is 2.21 bits per heavy atom. The molecule has 2 saturated carbocycles. The van der Waals surface area contributed by atoms with Crippen molar-refractivity contribution in [2.45, 2.75) is 55.0 Å². The van der Waals surface area contributed by atoms with E-state index in [1.807, 2.05) is 18.2 Å². The molecular weight excluding hydrogens is 555 g/mol. The molecule has 0 unspecified atom stereocenters. The van der Waals surface area contributed by atoms with Crippen LogP contribution in [0.15, 0.2) is 46.0 Å². The van der Waals surface area contributed by atoms with Gasteiger partial charge in [-0.25, -0.2) is 22.9 Å². The normalized spacial score (nSPS) is 19.7. The molecule has 2 aliphatic rings. The number of hydrogen-bond donors (Lipinski definition) is 4. The Kier molecular flexibility index (Phi) is 9.28. The Balaban J connectivity index is 0.000000448. The van der Waals surface area contributed by atoms with Crippen LogP contribution in [-0.2, 0) is 14.8 Å². The van der Waals surface area contributed by atoms with Gasteiger partial charge in [-0.1, -0.05) is 18.2 Å². The minimum Gasteiger partial charge on any atom is -0.475 e. The number of para-hydroxylation sites is 1. The fraction of sp³-hybridized carbons (Fsp3) is 0.480. The van der Waals surface area contributed by atoms with Crippen LogP contribution in [0.2, 0.25) is 0 Å². The van der Waals surface area contributed by atoms with Crippen molar-refractivity contribution in [2.24, 2.45) is 11.8 Å². The third-order valence-corrected chi connectivity index (χ3v) is 9.42. The monoisotopic (exact) mass is 585 g/mol. The molecule has 1 aromatic carbocycles. The van der Waals surface area contributed by atoms with E-state index in [-0.39, 0.29) is 0 Å². The van der Waals surface area contributed by atoms with Crippen molar-refractivity contribution in [2.75, 3.05) is 23.7 Å². The second-order valence-corrected chi connectivity index (χ2v) is 12.6. The largest absolute Gasteiger partial charge is 0.490 e. The maximum atomic E-state index is 12.3. The molecule has 0 atom stereocenters. The lowest BCUT2D eigenvalue weighted by Crippen LogP contribution is -2.32. The Labute approximate surface area is 228 Å². The van der Waals surface area contributed by atoms with E-state index < -0.39 is 22.2 Å². The summed E-state index contributed by atoms with van der Waals surface area (Å²) in [6.07, 6.45) is 1.55. The van der Waals surface area contributed by atoms with Crippen molar-refractivity contribution in [1.29, 1.82) is 0 Å². The molecule has 2 aromatic heterocycles. The van der Waals surface area contributed by atoms with Gasteiger partial charge in [0, 0.05) is 24.5 Å². The van der Waals surface area contributed by atoms with Gasteiger partial charge in [0.2, 0.25) is 16.0 Å². The Hall–Kier alpha value is -2.97. The first-order valence-electron chi connectivity index (χ1n) is 12.6. The summed E-state index contributed by atoms with van der Waals surface area (Å²) in [5, 5.41) is 17.0. The zero-order valence-electron chi connectivity index (χ0n) is 20.9. The number of halogens is 3. The number of thiophene rings is 1. The first kappa shape index (κ1) is 29.0. The van der Waals surface area contributed by atoms with Gasteiger partial charge in [0.15, 0.2) is 0 Å². The van der Waals surface area contributed by atoms with Crippen LogP contribution in [-0.4, -0.2) is 54.8 Å². The van der Waals surface area contributed by atoms with Gasteiger partial charge in [0.05, 0.1) is 5.52 Å². The van der Waals surface area contributed by atoms with E-state index in [2.05, 4.69) is 21.4 Å². The summed E-state index contributed by atoms with van der Waals surface area (Å²) in [5.74, 6) is -0.213. The van der Waals surface area contributed by atoms with Crippen molar-refractivity contribution in [3.8, 4) is 0 Å². The summed E-state index contributed by atoms with van der Waals surface area (Å²) < 4.78 is 59.6. The van der Waals surface area contributed by atoms with Gasteiger partial charge in [-0.2, -0.15) is 18.2 Å². The molecule has 2 aliphatic carbocycles. The lowest BCUT2D eigenvalue weighted by molar-refractivity contribution is -0.192. The molecule has 0 spiro atoms. The van der Waals surface area contributed by atoms with Gasteiger partial charge in [0.1, 0.15) is 10.0 Å². The molecule has 0 bridgehead atoms. The van der Waals surface area contributed by atoms with Crippen LogP contribution < -0.4 is 15.4 Å². The van der Waals surface area contributed by atoms with E-state index in [1.165, 1.54) is 24.2 Å². The van der Waals surface area contributed by atoms with Gasteiger partial charge in [-0.3, -0.25) is 0 Å². The molecule has 9 nitrogen and oxygen atoms in total. The number of aliphatic carboxylic acids is 1. The standard InChI is InChI=1S/C23H29N5O2S2.C2HF3O2/c29-32(30,21-6-3-13-31-21)25-15-17-9-7-16(8-10-17)14-24-23-27-20-5-2-1-4-19(20)22(28-23)26-18-11-12-18;3-2(4,5)1(6)7/h1-6,13,16-18,25H,7-12,14-15H2,(H2,24,26,27,28);(H,6,7). The van der Waals surface area contributed by atoms with Crippen LogP contribution in [0.25, 0.3) is 10.9 Å². The number of aromatic nitrogens is 2. The minimum absolute atomic E-state index is 0.390. The number of sulfonamides is 1. The molecule has 14 heteroatoms. The Bertz CT molecular complexity index is 1360. The molecule has 0 amide bonds. The number of benzene rings is 1. The number of alkyl halides is 3. The van der Waals surface area contributed by atoms with Crippen molar-refractivity contribution in [3.05, 3.63) is 41.8 Å². The number of carbonyl (C=O) groups is 1. The number of carboxylic acids is 1. The van der Waals surface area contributed by atoms with Gasteiger partial charge in [-0.15, -0.1) is 11.3 Å². The van der Waals surface area contributed by atoms with Crippen molar-refractivity contribution in [3.63, 3.8) is 0 Å². The Morgan fingerprint density at radius 1 is 0.974 bits per heavy atom. The highest BCUT2D eigenvalue weighted by molar-refractivity contribution is 7.91. The third-order valence-electron chi connectivity index (χ3n) is 6.60. The number of anilines is 2. The fourth-order valence-electron chi connectivity index (χ4n) is 4.28. The van der Waals surface area contributed by atoms with Gasteiger partial charge in [-0.05, 0) is 73.9 Å². The van der Waals surface area contributed by atoms with Crippen molar-refractivity contribution >= 4 is 50.0 Å². The van der Waals surface area contributed by atoms with E-state index in [4.69, 9.17) is 19.9 Å². The van der Waals surface area contributed by atoms with E-state index >= 15 is 0 Å². The average Bonchev–Trinajstić information content (AvgIpc) is 3.53. The highest BCUT2D eigenvalue weighted by Gasteiger charge is 2.38. The number of rotatable bonds is 9. The average molecular weight is 586 g/mol. The van der Waals surface area contributed by atoms with E-state index in [0.717, 1.165) is 48.9 Å². The minimum atomic E-state index is -5.08. The number of hydrogen-bond acceptors (Lipinski definition) is 8. The second kappa shape index (κ2) is 12.5. The number of nitrogens with zero attached hydrogens (tertiary/aromatic N) is 2. The van der Waals surface area contributed by atoms with Gasteiger partial charge in [0.25, 0.3) is 0 Å². The van der Waals surface area contributed by atoms with Crippen LogP contribution in [0.3, 0.4) is 0 Å². The van der Waals surface area contributed by atoms with Crippen LogP contribution in [0.5, 0.6) is 0 Å². The zero-order chi connectivity index (χ0) is 28.0. The molecule has 3 aromatic rings. The van der Waals surface area contributed by atoms with Crippen LogP contribution in [0.4, 0.5) is 24.9 Å². The maximum Gasteiger partial charge on any atom is 0.490 e. The second-order valence-electron chi connectivity index (χ2n) is 9.69. The smallest absolute Gasteiger partial charge is 0.475 e. The predicted molar refractivity (Wildman–Crippen MR) is 143 cm³/mol. The summed E-state index contributed by atoms with van der Waals surface area (Å²) in [5.41, 5.74) is 0.954. The van der Waals surface area contributed by atoms with Crippen LogP contribution in [0, 0.1) is 11.8 Å². The van der Waals surface area contributed by atoms with Gasteiger partial charge >= 0.3 is 12.1 Å². The summed E-state index contributed by atoms with van der Waals surface area (Å²) in [6.45, 7) is 1.36. The highest BCUT2D eigenvalue weighted by Crippen LogP contribution is 2.31. The van der Waals surface area contributed by atoms with E-state index in [1.54, 1.807) is 17.5 Å². The lowest BCUT2D eigenvalue weighted by atomic mass is 9.82. The fourth-order valence-corrected chi connectivity index (χ4v) is 6.43. The topological polar surface area (TPSA) is 133 Å². The summed E-state index contributed by atoms with van der Waals surface area (Å²) in [4.78, 5) is 18.4. The Morgan fingerprint density at radius 2 is 1.62 bits per heavy atom. The van der Waals surface area contributed by atoms with Gasteiger partial charge < -0.3 is 15.7 Å². The summed E-state index contributed by atoms with van der Waals surface area (Å²) >= 11 is 1.25. The lowest BCUT2D eigenvalue weighted by Gasteiger charge is -2.28. The molecule has 212 valence electrons. The SMILES string of the molecule is O=C(O)C(F)(F)F.O=S(=O)(NCC1CCC(CNc2nc(NC3CC3)c3ccccc3n2)CC1)c1cccs1. The molecule has 2 fully saturated rings. The maximum absolute atomic E-state index is 12.3. The van der Waals surface area contributed by atoms with Crippen molar-refractivity contribution < 1.29 is 31.5 Å². The molecule has 2 heterocycles. The number of nitrogens with one attached hydrogen (secondary N) is 3. The van der Waals surface area contributed by atoms with Crippen molar-refractivity contribution in [1.82, 2.24) is 14.7 Å². The highest BCUT2D eigenvalue weighted by atomic mass is 32.2. The van der Waals surface area contributed by atoms with Crippen LogP contribution in [0.1, 0.15) is 38.5 Å². The molecular formula is C25H30F3N5O4S2. The quantitative estimate of drug-likeness (QED) is 0.273. The van der Waals surface area contributed by atoms with E-state index in [9.17, 15) is 21.6 Å². The molecule has 5 rings (SSSR count). The predicted octanol–water partition coefficient (Wildman–Crippen LogP) is 5.10. The summed E-state index contributed by atoms with van der Waals surface area (Å²) in [7, 11) is -3.37. The first-order chi connectivity index (χ1) is 18.5. The number of carboxylic acid groups (broad SMARTS) is 1. The summed E-state index contributed by atoms with van der Waals surface area (Å²) in [6, 6.07) is 12.1. The molecule has 0 aliphatic heterocycles. The molecule has 0 saturated heterocycles. The third kappa shape index (κ3) is 8.51.